The van der Waals surface area contributed by atoms with Gasteiger partial charge in [-0.1, -0.05) is 5.16 Å². The third-order valence-electron chi connectivity index (χ3n) is 3.68. The zero-order chi connectivity index (χ0) is 13.0. The number of likely N-dealkylation sites (N-methyl/N-ethyl adjacent to an activating group) is 1. The smallest absolute Gasteiger partial charge is 0.138 e. The standard InChI is InChI=1S/C13H24N4O/c1-11-13(12(2)18-15-11)10-14-4-5-17-8-6-16(3)7-9-17/h14H,4-10H2,1-3H3. The molecule has 102 valence electrons. The van der Waals surface area contributed by atoms with Crippen LogP contribution in [-0.2, 0) is 6.54 Å². The number of nitrogens with zero attached hydrogens (tertiary/aromatic N) is 3. The molecule has 1 aromatic rings. The van der Waals surface area contributed by atoms with Gasteiger partial charge in [0, 0.05) is 51.4 Å². The average molecular weight is 252 g/mol. The molecule has 0 radical (unpaired) electrons. The Balaban J connectivity index is 1.64. The second-order valence-electron chi connectivity index (χ2n) is 5.12. The molecule has 0 aliphatic carbocycles. The lowest BCUT2D eigenvalue weighted by molar-refractivity contribution is 0.154. The molecule has 1 N–H and O–H groups in total. The van der Waals surface area contributed by atoms with Gasteiger partial charge in [-0.3, -0.25) is 4.90 Å². The van der Waals surface area contributed by atoms with Gasteiger partial charge in [0.15, 0.2) is 0 Å². The second kappa shape index (κ2) is 6.31. The van der Waals surface area contributed by atoms with Crippen LogP contribution in [0.4, 0.5) is 0 Å². The van der Waals surface area contributed by atoms with Gasteiger partial charge in [-0.25, -0.2) is 0 Å². The second-order valence-corrected chi connectivity index (χ2v) is 5.12. The minimum atomic E-state index is 0.856. The molecular formula is C13H24N4O. The van der Waals surface area contributed by atoms with Crippen LogP contribution in [0, 0.1) is 13.8 Å². The van der Waals surface area contributed by atoms with E-state index in [0.29, 0.717) is 0 Å². The molecule has 1 aromatic heterocycles. The molecule has 2 heterocycles. The summed E-state index contributed by atoms with van der Waals surface area (Å²) in [6.07, 6.45) is 0. The maximum Gasteiger partial charge on any atom is 0.138 e. The molecule has 0 aromatic carbocycles. The van der Waals surface area contributed by atoms with E-state index >= 15 is 0 Å². The van der Waals surface area contributed by atoms with Crippen LogP contribution in [-0.4, -0.2) is 61.3 Å². The van der Waals surface area contributed by atoms with E-state index in [1.807, 2.05) is 13.8 Å². The maximum absolute atomic E-state index is 5.15. The van der Waals surface area contributed by atoms with E-state index in [2.05, 4.69) is 27.3 Å². The van der Waals surface area contributed by atoms with Crippen molar-refractivity contribution in [1.29, 1.82) is 0 Å². The van der Waals surface area contributed by atoms with Crippen LogP contribution >= 0.6 is 0 Å². The fourth-order valence-corrected chi connectivity index (χ4v) is 2.28. The molecule has 0 atom stereocenters. The number of rotatable bonds is 5. The number of hydrogen-bond donors (Lipinski definition) is 1. The molecule has 2 rings (SSSR count). The zero-order valence-corrected chi connectivity index (χ0v) is 11.7. The molecule has 1 saturated heterocycles. The van der Waals surface area contributed by atoms with Crippen LogP contribution in [0.25, 0.3) is 0 Å². The van der Waals surface area contributed by atoms with E-state index in [9.17, 15) is 0 Å². The summed E-state index contributed by atoms with van der Waals surface area (Å²) < 4.78 is 5.15. The zero-order valence-electron chi connectivity index (χ0n) is 11.7. The number of hydrogen-bond acceptors (Lipinski definition) is 5. The summed E-state index contributed by atoms with van der Waals surface area (Å²) in [6, 6.07) is 0. The highest BCUT2D eigenvalue weighted by Crippen LogP contribution is 2.11. The monoisotopic (exact) mass is 252 g/mol. The molecule has 5 heteroatoms. The number of aryl methyl sites for hydroxylation is 2. The Labute approximate surface area is 109 Å². The molecule has 0 unspecified atom stereocenters. The molecular weight excluding hydrogens is 228 g/mol. The fraction of sp³-hybridized carbons (Fsp3) is 0.769. The van der Waals surface area contributed by atoms with Crippen molar-refractivity contribution < 1.29 is 4.52 Å². The topological polar surface area (TPSA) is 44.5 Å². The first-order valence-corrected chi connectivity index (χ1v) is 6.70. The Morgan fingerprint density at radius 1 is 1.22 bits per heavy atom. The number of piperazine rings is 1. The fourth-order valence-electron chi connectivity index (χ4n) is 2.28. The number of nitrogens with one attached hydrogen (secondary N) is 1. The Morgan fingerprint density at radius 3 is 2.56 bits per heavy atom. The van der Waals surface area contributed by atoms with Gasteiger partial charge in [0.1, 0.15) is 5.76 Å². The third-order valence-corrected chi connectivity index (χ3v) is 3.68. The Morgan fingerprint density at radius 2 is 1.94 bits per heavy atom. The Kier molecular flexibility index (Phi) is 4.74. The van der Waals surface area contributed by atoms with Crippen molar-refractivity contribution in [2.75, 3.05) is 46.3 Å². The Hall–Kier alpha value is -0.910. The first kappa shape index (κ1) is 13.5. The molecule has 1 aliphatic heterocycles. The third kappa shape index (κ3) is 3.54. The molecule has 5 nitrogen and oxygen atoms in total. The summed E-state index contributed by atoms with van der Waals surface area (Å²) in [5.41, 5.74) is 2.20. The van der Waals surface area contributed by atoms with Crippen molar-refractivity contribution >= 4 is 0 Å². The first-order chi connectivity index (χ1) is 8.66. The van der Waals surface area contributed by atoms with E-state index in [0.717, 1.165) is 31.1 Å². The first-order valence-electron chi connectivity index (χ1n) is 6.70. The highest BCUT2D eigenvalue weighted by atomic mass is 16.5. The van der Waals surface area contributed by atoms with Gasteiger partial charge >= 0.3 is 0 Å². The van der Waals surface area contributed by atoms with Crippen LogP contribution < -0.4 is 5.32 Å². The van der Waals surface area contributed by atoms with E-state index < -0.39 is 0 Å². The van der Waals surface area contributed by atoms with Crippen LogP contribution in [0.15, 0.2) is 4.52 Å². The summed E-state index contributed by atoms with van der Waals surface area (Å²) in [6.45, 7) is 11.7. The summed E-state index contributed by atoms with van der Waals surface area (Å²) in [5.74, 6) is 0.930. The Bertz CT molecular complexity index is 350. The minimum Gasteiger partial charge on any atom is -0.361 e. The molecule has 1 aliphatic rings. The van der Waals surface area contributed by atoms with Gasteiger partial charge in [0.25, 0.3) is 0 Å². The van der Waals surface area contributed by atoms with Crippen LogP contribution in [0.3, 0.4) is 0 Å². The summed E-state index contributed by atoms with van der Waals surface area (Å²) in [4.78, 5) is 4.90. The van der Waals surface area contributed by atoms with Crippen LogP contribution in [0.1, 0.15) is 17.0 Å². The van der Waals surface area contributed by atoms with E-state index in [1.54, 1.807) is 0 Å². The van der Waals surface area contributed by atoms with Gasteiger partial charge in [-0.15, -0.1) is 0 Å². The maximum atomic E-state index is 5.15. The molecule has 0 bridgehead atoms. The summed E-state index contributed by atoms with van der Waals surface area (Å²) in [5, 5.41) is 7.43. The van der Waals surface area contributed by atoms with Gasteiger partial charge in [-0.2, -0.15) is 0 Å². The quantitative estimate of drug-likeness (QED) is 0.779. The lowest BCUT2D eigenvalue weighted by Crippen LogP contribution is -2.46. The average Bonchev–Trinajstić information content (AvgIpc) is 2.68. The molecule has 18 heavy (non-hydrogen) atoms. The van der Waals surface area contributed by atoms with Crippen LogP contribution in [0.5, 0.6) is 0 Å². The predicted octanol–water partition coefficient (Wildman–Crippen LogP) is 0.628. The lowest BCUT2D eigenvalue weighted by Gasteiger charge is -2.32. The van der Waals surface area contributed by atoms with Gasteiger partial charge in [0.05, 0.1) is 5.69 Å². The van der Waals surface area contributed by atoms with Crippen molar-refractivity contribution in [2.45, 2.75) is 20.4 Å². The van der Waals surface area contributed by atoms with Crippen molar-refractivity contribution in [3.8, 4) is 0 Å². The largest absolute Gasteiger partial charge is 0.361 e. The summed E-state index contributed by atoms with van der Waals surface area (Å²) in [7, 11) is 2.19. The van der Waals surface area contributed by atoms with Gasteiger partial charge < -0.3 is 14.7 Å². The SMILES string of the molecule is Cc1noc(C)c1CNCCN1CCN(C)CC1. The van der Waals surface area contributed by atoms with E-state index in [4.69, 9.17) is 4.52 Å². The lowest BCUT2D eigenvalue weighted by atomic mass is 10.2. The normalized spacial score (nSPS) is 18.4. The number of aromatic nitrogens is 1. The van der Waals surface area contributed by atoms with E-state index in [1.165, 1.54) is 31.7 Å². The molecule has 1 fully saturated rings. The van der Waals surface area contributed by atoms with Crippen molar-refractivity contribution in [3.63, 3.8) is 0 Å². The van der Waals surface area contributed by atoms with Crippen molar-refractivity contribution in [2.24, 2.45) is 0 Å². The van der Waals surface area contributed by atoms with Crippen molar-refractivity contribution in [3.05, 3.63) is 17.0 Å². The molecule has 0 spiro atoms. The van der Waals surface area contributed by atoms with Crippen molar-refractivity contribution in [1.82, 2.24) is 20.3 Å². The van der Waals surface area contributed by atoms with E-state index in [-0.39, 0.29) is 0 Å². The van der Waals surface area contributed by atoms with Gasteiger partial charge in [-0.05, 0) is 20.9 Å². The van der Waals surface area contributed by atoms with Gasteiger partial charge in [0.2, 0.25) is 0 Å². The molecule has 0 saturated carbocycles. The molecule has 0 amide bonds. The summed E-state index contributed by atoms with van der Waals surface area (Å²) >= 11 is 0. The highest BCUT2D eigenvalue weighted by molar-refractivity contribution is 5.20. The van der Waals surface area contributed by atoms with Crippen LogP contribution in [0.2, 0.25) is 0 Å². The predicted molar refractivity (Wildman–Crippen MR) is 71.6 cm³/mol. The highest BCUT2D eigenvalue weighted by Gasteiger charge is 2.13. The minimum absolute atomic E-state index is 0.856.